The number of carbonyl (C=O) groups is 1. The molecule has 1 aliphatic rings. The molecular formula is C16H24N2O3S. The number of nitrogens with one attached hydrogen (secondary N) is 1. The van der Waals surface area contributed by atoms with E-state index >= 15 is 0 Å². The number of anilines is 1. The van der Waals surface area contributed by atoms with E-state index in [-0.39, 0.29) is 23.5 Å². The van der Waals surface area contributed by atoms with Crippen LogP contribution in [0.4, 0.5) is 5.69 Å². The Morgan fingerprint density at radius 3 is 2.45 bits per heavy atom. The summed E-state index contributed by atoms with van der Waals surface area (Å²) in [5, 5.41) is 2.81. The fourth-order valence-electron chi connectivity index (χ4n) is 2.74. The van der Waals surface area contributed by atoms with Crippen LogP contribution in [0.25, 0.3) is 0 Å². The van der Waals surface area contributed by atoms with Gasteiger partial charge in [0.2, 0.25) is 0 Å². The first-order valence-electron chi connectivity index (χ1n) is 7.81. The van der Waals surface area contributed by atoms with Crippen LogP contribution in [-0.2, 0) is 9.84 Å². The van der Waals surface area contributed by atoms with Crippen LogP contribution in [0.5, 0.6) is 0 Å². The SMILES string of the molecule is CCCN(CC)c1ccc(C(=O)N[C@H]2CCS(=O)(=O)C2)cc1. The second-order valence-electron chi connectivity index (χ2n) is 5.70. The van der Waals surface area contributed by atoms with Crippen LogP contribution in [0.2, 0.25) is 0 Å². The van der Waals surface area contributed by atoms with Crippen molar-refractivity contribution in [3.63, 3.8) is 0 Å². The molecule has 22 heavy (non-hydrogen) atoms. The molecule has 1 atom stereocenters. The molecular weight excluding hydrogens is 300 g/mol. The number of sulfone groups is 1. The molecule has 1 fully saturated rings. The van der Waals surface area contributed by atoms with Crippen LogP contribution >= 0.6 is 0 Å². The zero-order valence-electron chi connectivity index (χ0n) is 13.2. The van der Waals surface area contributed by atoms with Gasteiger partial charge in [-0.2, -0.15) is 0 Å². The van der Waals surface area contributed by atoms with Gasteiger partial charge in [-0.15, -0.1) is 0 Å². The van der Waals surface area contributed by atoms with Gasteiger partial charge in [-0.05, 0) is 44.0 Å². The summed E-state index contributed by atoms with van der Waals surface area (Å²) in [7, 11) is -2.97. The highest BCUT2D eigenvalue weighted by atomic mass is 32.2. The maximum atomic E-state index is 12.2. The van der Waals surface area contributed by atoms with Crippen LogP contribution < -0.4 is 10.2 Å². The largest absolute Gasteiger partial charge is 0.372 e. The first-order valence-corrected chi connectivity index (χ1v) is 9.63. The summed E-state index contributed by atoms with van der Waals surface area (Å²) >= 11 is 0. The van der Waals surface area contributed by atoms with Crippen LogP contribution in [0.15, 0.2) is 24.3 Å². The number of amides is 1. The minimum Gasteiger partial charge on any atom is -0.372 e. The van der Waals surface area contributed by atoms with E-state index in [0.29, 0.717) is 12.0 Å². The summed E-state index contributed by atoms with van der Waals surface area (Å²) in [4.78, 5) is 14.4. The second-order valence-corrected chi connectivity index (χ2v) is 7.93. The predicted octanol–water partition coefficient (Wildman–Crippen LogP) is 1.84. The van der Waals surface area contributed by atoms with Crippen LogP contribution in [0, 0.1) is 0 Å². The quantitative estimate of drug-likeness (QED) is 0.867. The molecule has 0 radical (unpaired) electrons. The lowest BCUT2D eigenvalue weighted by Gasteiger charge is -2.22. The Bertz CT molecular complexity index is 611. The number of benzene rings is 1. The summed E-state index contributed by atoms with van der Waals surface area (Å²) < 4.78 is 22.8. The van der Waals surface area contributed by atoms with Crippen molar-refractivity contribution in [1.29, 1.82) is 0 Å². The third-order valence-electron chi connectivity index (χ3n) is 3.94. The summed E-state index contributed by atoms with van der Waals surface area (Å²) in [6, 6.07) is 7.22. The molecule has 6 heteroatoms. The van der Waals surface area contributed by atoms with Gasteiger partial charge in [0.05, 0.1) is 11.5 Å². The number of rotatable bonds is 6. The molecule has 5 nitrogen and oxygen atoms in total. The molecule has 1 N–H and O–H groups in total. The zero-order chi connectivity index (χ0) is 16.2. The maximum Gasteiger partial charge on any atom is 0.251 e. The van der Waals surface area contributed by atoms with Crippen molar-refractivity contribution in [2.75, 3.05) is 29.5 Å². The Hall–Kier alpha value is -1.56. The molecule has 0 spiro atoms. The van der Waals surface area contributed by atoms with Crippen molar-refractivity contribution in [2.24, 2.45) is 0 Å². The normalized spacial score (nSPS) is 19.8. The topological polar surface area (TPSA) is 66.5 Å². The maximum absolute atomic E-state index is 12.2. The highest BCUT2D eigenvalue weighted by Crippen LogP contribution is 2.17. The van der Waals surface area contributed by atoms with Crippen molar-refractivity contribution in [1.82, 2.24) is 5.32 Å². The number of nitrogens with zero attached hydrogens (tertiary/aromatic N) is 1. The van der Waals surface area contributed by atoms with Crippen LogP contribution in [0.1, 0.15) is 37.0 Å². The summed E-state index contributed by atoms with van der Waals surface area (Å²) in [6.07, 6.45) is 1.58. The van der Waals surface area contributed by atoms with E-state index in [0.717, 1.165) is 25.2 Å². The fourth-order valence-corrected chi connectivity index (χ4v) is 4.41. The minimum absolute atomic E-state index is 0.0525. The Kier molecular flexibility index (Phi) is 5.45. The molecule has 122 valence electrons. The van der Waals surface area contributed by atoms with Crippen molar-refractivity contribution in [2.45, 2.75) is 32.7 Å². The average Bonchev–Trinajstić information content (AvgIpc) is 2.84. The van der Waals surface area contributed by atoms with Gasteiger partial charge in [0.25, 0.3) is 5.91 Å². The third-order valence-corrected chi connectivity index (χ3v) is 5.71. The van der Waals surface area contributed by atoms with Gasteiger partial charge in [0.1, 0.15) is 0 Å². The molecule has 1 amide bonds. The number of carbonyl (C=O) groups excluding carboxylic acids is 1. The van der Waals surface area contributed by atoms with Crippen LogP contribution in [-0.4, -0.2) is 45.0 Å². The Labute approximate surface area is 132 Å². The lowest BCUT2D eigenvalue weighted by atomic mass is 10.1. The predicted molar refractivity (Wildman–Crippen MR) is 89.1 cm³/mol. The molecule has 0 saturated carbocycles. The molecule has 1 heterocycles. The molecule has 0 bridgehead atoms. The molecule has 1 saturated heterocycles. The third kappa shape index (κ3) is 4.22. The van der Waals surface area contributed by atoms with Gasteiger partial charge in [0.15, 0.2) is 9.84 Å². The average molecular weight is 324 g/mol. The molecule has 0 unspecified atom stereocenters. The number of hydrogen-bond acceptors (Lipinski definition) is 4. The molecule has 1 aromatic carbocycles. The summed E-state index contributed by atoms with van der Waals surface area (Å²) in [5.41, 5.74) is 1.67. The highest BCUT2D eigenvalue weighted by molar-refractivity contribution is 7.91. The van der Waals surface area contributed by atoms with Gasteiger partial charge >= 0.3 is 0 Å². The summed E-state index contributed by atoms with van der Waals surface area (Å²) in [6.45, 7) is 6.16. The Morgan fingerprint density at radius 1 is 1.27 bits per heavy atom. The number of hydrogen-bond donors (Lipinski definition) is 1. The highest BCUT2D eigenvalue weighted by Gasteiger charge is 2.29. The van der Waals surface area contributed by atoms with Gasteiger partial charge in [-0.1, -0.05) is 6.92 Å². The van der Waals surface area contributed by atoms with E-state index in [2.05, 4.69) is 24.1 Å². The lowest BCUT2D eigenvalue weighted by Crippen LogP contribution is -2.35. The Morgan fingerprint density at radius 2 is 1.95 bits per heavy atom. The van der Waals surface area contributed by atoms with Crippen molar-refractivity contribution >= 4 is 21.4 Å². The van der Waals surface area contributed by atoms with Crippen molar-refractivity contribution in [3.05, 3.63) is 29.8 Å². The van der Waals surface area contributed by atoms with E-state index in [1.165, 1.54) is 0 Å². The van der Waals surface area contributed by atoms with Crippen molar-refractivity contribution < 1.29 is 13.2 Å². The Balaban J connectivity index is 1.99. The van der Waals surface area contributed by atoms with Crippen LogP contribution in [0.3, 0.4) is 0 Å². The van der Waals surface area contributed by atoms with E-state index in [1.807, 2.05) is 12.1 Å². The lowest BCUT2D eigenvalue weighted by molar-refractivity contribution is 0.0941. The van der Waals surface area contributed by atoms with Crippen molar-refractivity contribution in [3.8, 4) is 0 Å². The fraction of sp³-hybridized carbons (Fsp3) is 0.562. The second kappa shape index (κ2) is 7.13. The molecule has 0 aromatic heterocycles. The summed E-state index contributed by atoms with van der Waals surface area (Å²) in [5.74, 6) is 0.0169. The molecule has 1 aliphatic heterocycles. The van der Waals surface area contributed by atoms with Gasteiger partial charge in [0, 0.05) is 30.4 Å². The smallest absolute Gasteiger partial charge is 0.251 e. The molecule has 2 rings (SSSR count). The van der Waals surface area contributed by atoms with E-state index in [1.54, 1.807) is 12.1 Å². The van der Waals surface area contributed by atoms with Gasteiger partial charge < -0.3 is 10.2 Å². The standard InChI is InChI=1S/C16H24N2O3S/c1-3-10-18(4-2)15-7-5-13(6-8-15)16(19)17-14-9-11-22(20,21)12-14/h5-8,14H,3-4,9-12H2,1-2H3,(H,17,19)/t14-/m0/s1. The first kappa shape index (κ1) is 16.8. The minimum atomic E-state index is -2.97. The molecule has 0 aliphatic carbocycles. The van der Waals surface area contributed by atoms with Gasteiger partial charge in [-0.25, -0.2) is 8.42 Å². The van der Waals surface area contributed by atoms with Gasteiger partial charge in [-0.3, -0.25) is 4.79 Å². The first-order chi connectivity index (χ1) is 10.4. The van der Waals surface area contributed by atoms with E-state index < -0.39 is 9.84 Å². The zero-order valence-corrected chi connectivity index (χ0v) is 14.0. The monoisotopic (exact) mass is 324 g/mol. The molecule has 1 aromatic rings. The van der Waals surface area contributed by atoms with E-state index in [4.69, 9.17) is 0 Å². The van der Waals surface area contributed by atoms with E-state index in [9.17, 15) is 13.2 Å².